The van der Waals surface area contributed by atoms with E-state index >= 15 is 0 Å². The monoisotopic (exact) mass is 522 g/mol. The fraction of sp³-hybridized carbons (Fsp3) is 0.296. The number of Topliss-reactive ketones (excluding diaryl/α,β-unsaturated/α-hetero) is 1. The normalized spacial score (nSPS) is 20.5. The van der Waals surface area contributed by atoms with Crippen molar-refractivity contribution >= 4 is 23.2 Å². The van der Waals surface area contributed by atoms with Crippen LogP contribution in [0.15, 0.2) is 55.2 Å². The number of para-hydroxylation sites is 1. The van der Waals surface area contributed by atoms with E-state index in [0.29, 0.717) is 29.7 Å². The van der Waals surface area contributed by atoms with Gasteiger partial charge < -0.3 is 15.6 Å². The predicted molar refractivity (Wildman–Crippen MR) is 141 cm³/mol. The van der Waals surface area contributed by atoms with Gasteiger partial charge in [-0.15, -0.1) is 10.2 Å². The van der Waals surface area contributed by atoms with E-state index in [2.05, 4.69) is 25.4 Å². The molecule has 39 heavy (non-hydrogen) atoms. The van der Waals surface area contributed by atoms with E-state index < -0.39 is 0 Å². The second-order valence-electron chi connectivity index (χ2n) is 10.2. The maximum absolute atomic E-state index is 13.1. The molecule has 1 aromatic carbocycles. The van der Waals surface area contributed by atoms with E-state index in [1.165, 1.54) is 17.8 Å². The number of benzene rings is 1. The average molecular weight is 523 g/mol. The van der Waals surface area contributed by atoms with E-state index in [1.807, 2.05) is 41.4 Å². The number of hydrogen-bond acceptors (Lipinski definition) is 8. The van der Waals surface area contributed by atoms with E-state index in [9.17, 15) is 9.59 Å². The van der Waals surface area contributed by atoms with Gasteiger partial charge in [0, 0.05) is 35.3 Å². The van der Waals surface area contributed by atoms with Gasteiger partial charge in [-0.2, -0.15) is 14.7 Å². The molecular formula is C27H26N10O2. The first kappa shape index (κ1) is 23.3. The molecule has 0 saturated carbocycles. The topological polar surface area (TPSA) is 153 Å². The second-order valence-corrected chi connectivity index (χ2v) is 10.2. The Labute approximate surface area is 222 Å². The van der Waals surface area contributed by atoms with Gasteiger partial charge in [0.2, 0.25) is 5.82 Å². The summed E-state index contributed by atoms with van der Waals surface area (Å²) in [5.74, 6) is 0.206. The van der Waals surface area contributed by atoms with Crippen molar-refractivity contribution in [2.45, 2.75) is 50.6 Å². The molecule has 0 radical (unpaired) electrons. The molecule has 6 heterocycles. The molecule has 0 aliphatic carbocycles. The molecule has 2 unspecified atom stereocenters. The number of carbonyl (C=O) groups excluding carboxylic acids is 2. The minimum atomic E-state index is -0.154. The van der Waals surface area contributed by atoms with Crippen molar-refractivity contribution in [2.24, 2.45) is 0 Å². The number of carbonyl (C=O) groups is 2. The number of amides is 1. The third-order valence-corrected chi connectivity index (χ3v) is 7.95. The lowest BCUT2D eigenvalue weighted by Gasteiger charge is -2.38. The fourth-order valence-corrected chi connectivity index (χ4v) is 6.24. The van der Waals surface area contributed by atoms with Crippen molar-refractivity contribution < 1.29 is 9.59 Å². The number of rotatable bonds is 5. The van der Waals surface area contributed by atoms with Crippen LogP contribution in [0.1, 0.15) is 65.2 Å². The minimum absolute atomic E-state index is 0.0257. The van der Waals surface area contributed by atoms with Crippen molar-refractivity contribution in [3.63, 3.8) is 0 Å². The van der Waals surface area contributed by atoms with Gasteiger partial charge in [-0.25, -0.2) is 9.67 Å². The van der Waals surface area contributed by atoms with Gasteiger partial charge in [-0.05, 0) is 44.7 Å². The van der Waals surface area contributed by atoms with Crippen molar-refractivity contribution in [3.05, 3.63) is 72.3 Å². The standard InChI is InChI=1S/C27H26N10O2/c1-15(38)22-23(16-9-19-7-8-20(10-16)36(19)27(39)25-29-14-30-34-25)33-26-21(12-32-37(26)24(22)28)17-11-31-35(13-17)18-5-3-2-4-6-18/h2-6,11-14,16,19-20H,7-10,28H2,1H3,(H,29,30,34)/t16?,19-,20?/m1/s1. The van der Waals surface area contributed by atoms with Crippen LogP contribution in [0, 0.1) is 0 Å². The molecule has 2 bridgehead atoms. The molecule has 0 spiro atoms. The molecule has 2 aliphatic rings. The maximum Gasteiger partial charge on any atom is 0.292 e. The van der Waals surface area contributed by atoms with Crippen LogP contribution in [0.2, 0.25) is 0 Å². The predicted octanol–water partition coefficient (Wildman–Crippen LogP) is 3.04. The van der Waals surface area contributed by atoms with Crippen molar-refractivity contribution in [3.8, 4) is 16.8 Å². The summed E-state index contributed by atoms with van der Waals surface area (Å²) in [6, 6.07) is 9.89. The number of nitrogens with one attached hydrogen (secondary N) is 1. The summed E-state index contributed by atoms with van der Waals surface area (Å²) in [4.78, 5) is 35.8. The van der Waals surface area contributed by atoms with Crippen LogP contribution in [-0.4, -0.2) is 68.2 Å². The summed E-state index contributed by atoms with van der Waals surface area (Å²) in [5.41, 5.74) is 10.8. The molecule has 196 valence electrons. The van der Waals surface area contributed by atoms with E-state index in [4.69, 9.17) is 10.7 Å². The smallest absolute Gasteiger partial charge is 0.292 e. The van der Waals surface area contributed by atoms with Gasteiger partial charge in [0.15, 0.2) is 11.4 Å². The zero-order valence-electron chi connectivity index (χ0n) is 21.2. The maximum atomic E-state index is 13.1. The van der Waals surface area contributed by atoms with Crippen LogP contribution >= 0.6 is 0 Å². The summed E-state index contributed by atoms with van der Waals surface area (Å²) in [5, 5.41) is 16.7. The number of aromatic amines is 1. The molecule has 7 rings (SSSR count). The van der Waals surface area contributed by atoms with Crippen LogP contribution in [0.3, 0.4) is 0 Å². The molecule has 2 saturated heterocycles. The van der Waals surface area contributed by atoms with Gasteiger partial charge in [-0.3, -0.25) is 9.59 Å². The number of nitrogens with zero attached hydrogens (tertiary/aromatic N) is 8. The molecule has 2 fully saturated rings. The average Bonchev–Trinajstić information content (AvgIpc) is 3.74. The highest BCUT2D eigenvalue weighted by Crippen LogP contribution is 2.45. The summed E-state index contributed by atoms with van der Waals surface area (Å²) in [6.07, 6.45) is 9.99. The zero-order valence-corrected chi connectivity index (χ0v) is 21.2. The molecule has 2 aliphatic heterocycles. The number of ketones is 1. The molecule has 12 nitrogen and oxygen atoms in total. The number of nitrogen functional groups attached to an aromatic ring is 1. The van der Waals surface area contributed by atoms with Crippen molar-refractivity contribution in [2.75, 3.05) is 5.73 Å². The first-order valence-electron chi connectivity index (χ1n) is 13.0. The Hall–Kier alpha value is -4.87. The number of fused-ring (bicyclic) bond motifs is 3. The summed E-state index contributed by atoms with van der Waals surface area (Å²) >= 11 is 0. The zero-order chi connectivity index (χ0) is 26.7. The Morgan fingerprint density at radius 3 is 2.51 bits per heavy atom. The van der Waals surface area contributed by atoms with E-state index in [1.54, 1.807) is 17.1 Å². The number of H-pyrrole nitrogens is 1. The number of nitrogens with two attached hydrogens (primary N) is 1. The molecule has 3 N–H and O–H groups in total. The first-order chi connectivity index (χ1) is 19.0. The van der Waals surface area contributed by atoms with E-state index in [-0.39, 0.29) is 41.3 Å². The number of piperidine rings is 1. The van der Waals surface area contributed by atoms with Gasteiger partial charge in [0.25, 0.3) is 5.91 Å². The lowest BCUT2D eigenvalue weighted by atomic mass is 9.85. The molecule has 1 amide bonds. The highest BCUT2D eigenvalue weighted by Gasteiger charge is 2.45. The largest absolute Gasteiger partial charge is 0.383 e. The van der Waals surface area contributed by atoms with Crippen molar-refractivity contribution in [1.29, 1.82) is 0 Å². The van der Waals surface area contributed by atoms with Crippen LogP contribution in [0.4, 0.5) is 5.82 Å². The minimum Gasteiger partial charge on any atom is -0.383 e. The first-order valence-corrected chi connectivity index (χ1v) is 13.0. The lowest BCUT2D eigenvalue weighted by molar-refractivity contribution is 0.0556. The second kappa shape index (κ2) is 8.86. The SMILES string of the molecule is CC(=O)c1c(C2CC3CC[C@H](C2)N3C(=O)c2nnc[nH]2)nc2c(-c3cnn(-c4ccccc4)c3)cnn2c1N. The van der Waals surface area contributed by atoms with Crippen LogP contribution < -0.4 is 5.73 Å². The highest BCUT2D eigenvalue weighted by molar-refractivity contribution is 6.00. The highest BCUT2D eigenvalue weighted by atomic mass is 16.2. The number of anilines is 1. The Morgan fingerprint density at radius 1 is 1.05 bits per heavy atom. The Balaban J connectivity index is 1.27. The van der Waals surface area contributed by atoms with E-state index in [0.717, 1.165) is 29.7 Å². The van der Waals surface area contributed by atoms with Crippen LogP contribution in [-0.2, 0) is 0 Å². The lowest BCUT2D eigenvalue weighted by Crippen LogP contribution is -2.46. The van der Waals surface area contributed by atoms with Crippen LogP contribution in [0.25, 0.3) is 22.5 Å². The Kier molecular flexibility index (Phi) is 5.28. The van der Waals surface area contributed by atoms with Crippen LogP contribution in [0.5, 0.6) is 0 Å². The third kappa shape index (κ3) is 3.70. The summed E-state index contributed by atoms with van der Waals surface area (Å²) < 4.78 is 3.33. The number of aromatic nitrogens is 8. The number of hydrogen-bond donors (Lipinski definition) is 2. The molecule has 4 aromatic heterocycles. The van der Waals surface area contributed by atoms with Gasteiger partial charge >= 0.3 is 0 Å². The van der Waals surface area contributed by atoms with Gasteiger partial charge in [0.1, 0.15) is 12.1 Å². The third-order valence-electron chi connectivity index (χ3n) is 7.95. The summed E-state index contributed by atoms with van der Waals surface area (Å²) in [6.45, 7) is 1.51. The summed E-state index contributed by atoms with van der Waals surface area (Å²) in [7, 11) is 0. The van der Waals surface area contributed by atoms with Gasteiger partial charge in [-0.1, -0.05) is 18.2 Å². The Bertz CT molecular complexity index is 1690. The van der Waals surface area contributed by atoms with Crippen molar-refractivity contribution in [1.82, 2.24) is 44.5 Å². The fourth-order valence-electron chi connectivity index (χ4n) is 6.24. The Morgan fingerprint density at radius 2 is 1.82 bits per heavy atom. The molecular weight excluding hydrogens is 496 g/mol. The quantitative estimate of drug-likeness (QED) is 0.334. The van der Waals surface area contributed by atoms with Gasteiger partial charge in [0.05, 0.1) is 29.3 Å². The molecule has 3 atom stereocenters. The molecule has 5 aromatic rings. The molecule has 12 heteroatoms.